The highest BCUT2D eigenvalue weighted by Gasteiger charge is 2.27. The van der Waals surface area contributed by atoms with Gasteiger partial charge in [-0.25, -0.2) is 4.79 Å². The fourth-order valence-corrected chi connectivity index (χ4v) is 0.709. The molecule has 0 aromatic heterocycles. The van der Waals surface area contributed by atoms with Crippen LogP contribution >= 0.6 is 0 Å². The first kappa shape index (κ1) is 7.25. The van der Waals surface area contributed by atoms with Crippen LogP contribution in [0.5, 0.6) is 0 Å². The van der Waals surface area contributed by atoms with Gasteiger partial charge in [0.05, 0.1) is 12.1 Å². The summed E-state index contributed by atoms with van der Waals surface area (Å²) in [5, 5.41) is 3.66. The van der Waals surface area contributed by atoms with Crippen molar-refractivity contribution in [2.45, 2.75) is 27.2 Å². The number of hydrogen-bond acceptors (Lipinski definition) is 3. The summed E-state index contributed by atoms with van der Waals surface area (Å²) in [4.78, 5) is 15.0. The zero-order valence-corrected chi connectivity index (χ0v) is 6.47. The molecule has 0 N–H and O–H groups in total. The molecule has 0 aromatic rings. The van der Waals surface area contributed by atoms with Crippen LogP contribution in [0.1, 0.15) is 27.2 Å². The number of hydrogen-bond donors (Lipinski definition) is 0. The molecule has 3 nitrogen and oxygen atoms in total. The maximum atomic E-state index is 10.6. The van der Waals surface area contributed by atoms with Gasteiger partial charge < -0.3 is 4.84 Å². The van der Waals surface area contributed by atoms with E-state index in [4.69, 9.17) is 0 Å². The molecule has 1 rings (SSSR count). The first-order valence-electron chi connectivity index (χ1n) is 3.27. The van der Waals surface area contributed by atoms with Gasteiger partial charge in [-0.3, -0.25) is 0 Å². The molecule has 1 aliphatic heterocycles. The van der Waals surface area contributed by atoms with Gasteiger partial charge in [-0.2, -0.15) is 0 Å². The summed E-state index contributed by atoms with van der Waals surface area (Å²) in [6, 6.07) is 0. The molecule has 0 aliphatic carbocycles. The average Bonchev–Trinajstić information content (AvgIpc) is 2.11. The van der Waals surface area contributed by atoms with Crippen molar-refractivity contribution in [3.05, 3.63) is 0 Å². The van der Waals surface area contributed by atoms with Gasteiger partial charge in [0.25, 0.3) is 0 Å². The van der Waals surface area contributed by atoms with E-state index in [2.05, 4.69) is 9.99 Å². The van der Waals surface area contributed by atoms with Crippen molar-refractivity contribution in [1.82, 2.24) is 0 Å². The third kappa shape index (κ3) is 1.35. The monoisotopic (exact) mass is 141 g/mol. The largest absolute Gasteiger partial charge is 0.340 e. The Hall–Kier alpha value is -0.860. The van der Waals surface area contributed by atoms with E-state index in [9.17, 15) is 4.79 Å². The lowest BCUT2D eigenvalue weighted by atomic mass is 9.88. The molecule has 0 fully saturated rings. The third-order valence-corrected chi connectivity index (χ3v) is 1.44. The molecule has 10 heavy (non-hydrogen) atoms. The van der Waals surface area contributed by atoms with Crippen LogP contribution in [0.25, 0.3) is 0 Å². The van der Waals surface area contributed by atoms with Crippen LogP contribution in [0, 0.1) is 5.41 Å². The molecule has 56 valence electrons. The minimum Gasteiger partial charge on any atom is -0.318 e. The van der Waals surface area contributed by atoms with Gasteiger partial charge >= 0.3 is 5.97 Å². The summed E-state index contributed by atoms with van der Waals surface area (Å²) in [5.74, 6) is -0.245. The van der Waals surface area contributed by atoms with E-state index in [1.54, 1.807) is 0 Å². The maximum absolute atomic E-state index is 10.6. The predicted molar refractivity (Wildman–Crippen MR) is 37.6 cm³/mol. The van der Waals surface area contributed by atoms with Crippen molar-refractivity contribution in [3.8, 4) is 0 Å². The molecule has 1 aliphatic rings. The summed E-state index contributed by atoms with van der Waals surface area (Å²) in [7, 11) is 0. The second kappa shape index (κ2) is 2.08. The minimum absolute atomic E-state index is 0.0356. The minimum atomic E-state index is -0.245. The average molecular weight is 141 g/mol. The van der Waals surface area contributed by atoms with Crippen molar-refractivity contribution < 1.29 is 9.63 Å². The molecule has 3 heteroatoms. The molecule has 0 spiro atoms. The van der Waals surface area contributed by atoms with E-state index in [1.807, 2.05) is 20.8 Å². The molecular weight excluding hydrogens is 130 g/mol. The molecule has 0 atom stereocenters. The molecule has 0 saturated carbocycles. The Morgan fingerprint density at radius 1 is 1.50 bits per heavy atom. The van der Waals surface area contributed by atoms with Crippen LogP contribution in [-0.4, -0.2) is 11.7 Å². The van der Waals surface area contributed by atoms with E-state index in [-0.39, 0.29) is 11.4 Å². The van der Waals surface area contributed by atoms with Crippen LogP contribution in [0.3, 0.4) is 0 Å². The van der Waals surface area contributed by atoms with Crippen molar-refractivity contribution >= 4 is 11.7 Å². The summed E-state index contributed by atoms with van der Waals surface area (Å²) < 4.78 is 0. The zero-order chi connectivity index (χ0) is 7.78. The van der Waals surface area contributed by atoms with Gasteiger partial charge in [-0.1, -0.05) is 25.9 Å². The lowest BCUT2D eigenvalue weighted by molar-refractivity contribution is -0.140. The SMILES string of the molecule is CC(C)(C)C1=NOC(=O)C1. The number of carbonyl (C=O) groups is 1. The molecule has 0 bridgehead atoms. The fraction of sp³-hybridized carbons (Fsp3) is 0.714. The second-order valence-corrected chi connectivity index (χ2v) is 3.43. The van der Waals surface area contributed by atoms with E-state index >= 15 is 0 Å². The number of carbonyl (C=O) groups excluding carboxylic acids is 1. The topological polar surface area (TPSA) is 38.7 Å². The lowest BCUT2D eigenvalue weighted by Crippen LogP contribution is -2.18. The Kier molecular flexibility index (Phi) is 1.50. The summed E-state index contributed by atoms with van der Waals surface area (Å²) in [5.41, 5.74) is 0.795. The summed E-state index contributed by atoms with van der Waals surface area (Å²) in [6.07, 6.45) is 0.351. The normalized spacial score (nSPS) is 18.7. The highest BCUT2D eigenvalue weighted by Crippen LogP contribution is 2.22. The van der Waals surface area contributed by atoms with Crippen LogP contribution in [0.2, 0.25) is 0 Å². The predicted octanol–water partition coefficient (Wildman–Crippen LogP) is 1.34. The van der Waals surface area contributed by atoms with E-state index < -0.39 is 0 Å². The summed E-state index contributed by atoms with van der Waals surface area (Å²) >= 11 is 0. The van der Waals surface area contributed by atoms with Crippen LogP contribution in [0.4, 0.5) is 0 Å². The first-order chi connectivity index (χ1) is 4.50. The number of oxime groups is 1. The van der Waals surface area contributed by atoms with Gasteiger partial charge in [0.2, 0.25) is 0 Å². The standard InChI is InChI=1S/C7H11NO2/c1-7(2,3)5-4-6(9)10-8-5/h4H2,1-3H3. The highest BCUT2D eigenvalue weighted by atomic mass is 16.7. The van der Waals surface area contributed by atoms with Crippen LogP contribution in [0.15, 0.2) is 5.16 Å². The number of rotatable bonds is 0. The molecule has 0 aromatic carbocycles. The number of nitrogens with zero attached hydrogens (tertiary/aromatic N) is 1. The van der Waals surface area contributed by atoms with Crippen LogP contribution < -0.4 is 0 Å². The third-order valence-electron chi connectivity index (χ3n) is 1.44. The molecule has 0 amide bonds. The molecular formula is C7H11NO2. The van der Waals surface area contributed by atoms with Crippen LogP contribution in [-0.2, 0) is 9.63 Å². The van der Waals surface area contributed by atoms with E-state index in [0.29, 0.717) is 6.42 Å². The van der Waals surface area contributed by atoms with Gasteiger partial charge in [0, 0.05) is 5.41 Å². The van der Waals surface area contributed by atoms with E-state index in [0.717, 1.165) is 5.71 Å². The molecule has 0 unspecified atom stereocenters. The Labute approximate surface area is 60.0 Å². The van der Waals surface area contributed by atoms with Crippen molar-refractivity contribution in [2.24, 2.45) is 10.6 Å². The van der Waals surface area contributed by atoms with Crippen molar-refractivity contribution in [3.63, 3.8) is 0 Å². The smallest absolute Gasteiger partial charge is 0.318 e. The van der Waals surface area contributed by atoms with Crippen molar-refractivity contribution in [2.75, 3.05) is 0 Å². The quantitative estimate of drug-likeness (QED) is 0.477. The molecule has 1 heterocycles. The van der Waals surface area contributed by atoms with Gasteiger partial charge in [0.1, 0.15) is 0 Å². The second-order valence-electron chi connectivity index (χ2n) is 3.43. The maximum Gasteiger partial charge on any atom is 0.340 e. The lowest BCUT2D eigenvalue weighted by Gasteiger charge is -2.14. The summed E-state index contributed by atoms with van der Waals surface area (Å²) in [6.45, 7) is 6.02. The molecule has 0 radical (unpaired) electrons. The fourth-order valence-electron chi connectivity index (χ4n) is 0.709. The van der Waals surface area contributed by atoms with E-state index in [1.165, 1.54) is 0 Å². The Morgan fingerprint density at radius 3 is 2.30 bits per heavy atom. The Balaban J connectivity index is 2.69. The van der Waals surface area contributed by atoms with Gasteiger partial charge in [-0.05, 0) is 0 Å². The zero-order valence-electron chi connectivity index (χ0n) is 6.47. The van der Waals surface area contributed by atoms with Gasteiger partial charge in [-0.15, -0.1) is 0 Å². The highest BCUT2D eigenvalue weighted by molar-refractivity contribution is 6.04. The molecule has 0 saturated heterocycles. The Morgan fingerprint density at radius 2 is 2.10 bits per heavy atom. The first-order valence-corrected chi connectivity index (χ1v) is 3.27. The Bertz CT molecular complexity index is 188. The van der Waals surface area contributed by atoms with Gasteiger partial charge in [0.15, 0.2) is 0 Å². The van der Waals surface area contributed by atoms with Crippen molar-refractivity contribution in [1.29, 1.82) is 0 Å².